The maximum atomic E-state index is 13.6. The molecule has 0 bridgehead atoms. The number of nitrogens with zero attached hydrogens (tertiary/aromatic N) is 1. The van der Waals surface area contributed by atoms with Gasteiger partial charge in [-0.3, -0.25) is 14.9 Å². The van der Waals surface area contributed by atoms with Crippen molar-refractivity contribution in [2.75, 3.05) is 19.0 Å². The first-order chi connectivity index (χ1) is 15.8. The van der Waals surface area contributed by atoms with Gasteiger partial charge < -0.3 is 19.5 Å². The van der Waals surface area contributed by atoms with Crippen LogP contribution in [0.5, 0.6) is 17.2 Å². The second-order valence-electron chi connectivity index (χ2n) is 6.44. The van der Waals surface area contributed by atoms with E-state index in [1.54, 1.807) is 6.07 Å². The highest BCUT2D eigenvalue weighted by Gasteiger charge is 2.20. The lowest BCUT2D eigenvalue weighted by Crippen LogP contribution is -2.21. The van der Waals surface area contributed by atoms with Crippen LogP contribution in [0.2, 0.25) is 5.02 Å². The topological polar surface area (TPSA) is 117 Å². The van der Waals surface area contributed by atoms with Gasteiger partial charge in [-0.05, 0) is 42.5 Å². The Balaban J connectivity index is 1.69. The van der Waals surface area contributed by atoms with Gasteiger partial charge >= 0.3 is 11.7 Å². The first-order valence-electron chi connectivity index (χ1n) is 9.30. The summed E-state index contributed by atoms with van der Waals surface area (Å²) in [6, 6.07) is 13.4. The fourth-order valence-electron chi connectivity index (χ4n) is 2.68. The minimum atomic E-state index is -0.846. The number of nitro groups is 1. The maximum absolute atomic E-state index is 13.6. The fourth-order valence-corrected chi connectivity index (χ4v) is 2.85. The highest BCUT2D eigenvalue weighted by molar-refractivity contribution is 6.30. The van der Waals surface area contributed by atoms with Crippen LogP contribution < -0.4 is 14.8 Å². The van der Waals surface area contributed by atoms with E-state index in [4.69, 9.17) is 25.8 Å². The number of carbonyl (C=O) groups is 2. The zero-order valence-corrected chi connectivity index (χ0v) is 17.8. The maximum Gasteiger partial charge on any atom is 0.338 e. The van der Waals surface area contributed by atoms with Crippen LogP contribution in [-0.2, 0) is 9.53 Å². The molecule has 0 atom stereocenters. The number of ether oxygens (including phenoxy) is 3. The third kappa shape index (κ3) is 5.95. The molecule has 1 N–H and O–H groups in total. The lowest BCUT2D eigenvalue weighted by atomic mass is 10.2. The number of rotatable bonds is 8. The summed E-state index contributed by atoms with van der Waals surface area (Å²) in [7, 11) is 1.31. The number of nitro benzene ring substituents is 1. The molecule has 0 aromatic heterocycles. The molecular weight excluding hydrogens is 459 g/mol. The van der Waals surface area contributed by atoms with Crippen molar-refractivity contribution in [2.45, 2.75) is 0 Å². The number of halogens is 2. The number of benzene rings is 3. The molecular formula is C22H16ClFN2O7. The lowest BCUT2D eigenvalue weighted by Gasteiger charge is -2.12. The number of para-hydroxylation sites is 1. The molecule has 0 aliphatic rings. The van der Waals surface area contributed by atoms with Gasteiger partial charge in [0.15, 0.2) is 18.1 Å². The summed E-state index contributed by atoms with van der Waals surface area (Å²) in [5.41, 5.74) is -0.365. The average molecular weight is 475 g/mol. The van der Waals surface area contributed by atoms with E-state index in [2.05, 4.69) is 5.32 Å². The molecule has 0 spiro atoms. The average Bonchev–Trinajstić information content (AvgIpc) is 2.80. The van der Waals surface area contributed by atoms with E-state index in [-0.39, 0.29) is 39.2 Å². The van der Waals surface area contributed by atoms with Gasteiger partial charge in [0.05, 0.1) is 23.3 Å². The van der Waals surface area contributed by atoms with Crippen molar-refractivity contribution in [3.8, 4) is 17.2 Å². The summed E-state index contributed by atoms with van der Waals surface area (Å²) in [4.78, 5) is 34.8. The standard InChI is InChI=1S/C22H16ClFN2O7/c1-31-20-10-13(22(28)32-12-21(27)25-16-5-3-2-4-15(16)24)6-8-19(20)33-18-9-7-14(23)11-17(18)26(29)30/h2-11H,12H2,1H3,(H,25,27). The van der Waals surface area contributed by atoms with Crippen LogP contribution in [-0.4, -0.2) is 30.5 Å². The Morgan fingerprint density at radius 1 is 1.06 bits per heavy atom. The monoisotopic (exact) mass is 474 g/mol. The zero-order valence-electron chi connectivity index (χ0n) is 17.0. The van der Waals surface area contributed by atoms with Crippen molar-refractivity contribution in [1.29, 1.82) is 0 Å². The Hall–Kier alpha value is -4.18. The zero-order chi connectivity index (χ0) is 24.0. The van der Waals surface area contributed by atoms with E-state index in [9.17, 15) is 24.1 Å². The molecule has 0 aliphatic heterocycles. The van der Waals surface area contributed by atoms with Crippen LogP contribution in [0.4, 0.5) is 15.8 Å². The van der Waals surface area contributed by atoms with Gasteiger partial charge in [0, 0.05) is 11.1 Å². The number of carbonyl (C=O) groups excluding carboxylic acids is 2. The normalized spacial score (nSPS) is 10.3. The van der Waals surface area contributed by atoms with E-state index < -0.39 is 29.2 Å². The van der Waals surface area contributed by atoms with Crippen molar-refractivity contribution >= 4 is 34.9 Å². The molecule has 170 valence electrons. The van der Waals surface area contributed by atoms with E-state index >= 15 is 0 Å². The Bertz CT molecular complexity index is 1220. The number of anilines is 1. The highest BCUT2D eigenvalue weighted by atomic mass is 35.5. The summed E-state index contributed by atoms with van der Waals surface area (Å²) >= 11 is 5.80. The van der Waals surface area contributed by atoms with Gasteiger partial charge in [-0.2, -0.15) is 0 Å². The van der Waals surface area contributed by atoms with Gasteiger partial charge in [0.25, 0.3) is 5.91 Å². The van der Waals surface area contributed by atoms with Gasteiger partial charge in [-0.15, -0.1) is 0 Å². The van der Waals surface area contributed by atoms with Crippen LogP contribution in [0.25, 0.3) is 0 Å². The van der Waals surface area contributed by atoms with Gasteiger partial charge in [-0.25, -0.2) is 9.18 Å². The van der Waals surface area contributed by atoms with Crippen LogP contribution >= 0.6 is 11.6 Å². The summed E-state index contributed by atoms with van der Waals surface area (Å²) in [6.45, 7) is -0.648. The number of hydrogen-bond acceptors (Lipinski definition) is 7. The molecule has 0 unspecified atom stereocenters. The van der Waals surface area contributed by atoms with Crippen molar-refractivity contribution in [3.63, 3.8) is 0 Å². The minimum absolute atomic E-state index is 0.0310. The predicted octanol–water partition coefficient (Wildman–Crippen LogP) is 4.98. The molecule has 3 aromatic carbocycles. The summed E-state index contributed by atoms with van der Waals surface area (Å²) < 4.78 is 29.3. The van der Waals surface area contributed by atoms with E-state index in [0.29, 0.717) is 0 Å². The molecule has 9 nitrogen and oxygen atoms in total. The first-order valence-corrected chi connectivity index (χ1v) is 9.67. The van der Waals surface area contributed by atoms with Gasteiger partial charge in [0.1, 0.15) is 5.82 Å². The van der Waals surface area contributed by atoms with Gasteiger partial charge in [0.2, 0.25) is 5.75 Å². The Morgan fingerprint density at radius 3 is 2.48 bits per heavy atom. The Morgan fingerprint density at radius 2 is 1.79 bits per heavy atom. The lowest BCUT2D eigenvalue weighted by molar-refractivity contribution is -0.385. The number of amides is 1. The molecule has 33 heavy (non-hydrogen) atoms. The number of methoxy groups -OCH3 is 1. The third-order valence-electron chi connectivity index (χ3n) is 4.22. The molecule has 0 aliphatic carbocycles. The Kier molecular flexibility index (Phi) is 7.42. The fraction of sp³-hybridized carbons (Fsp3) is 0.0909. The van der Waals surface area contributed by atoms with E-state index in [1.165, 1.54) is 55.6 Å². The molecule has 0 saturated heterocycles. The van der Waals surface area contributed by atoms with Crippen LogP contribution in [0, 0.1) is 15.9 Å². The van der Waals surface area contributed by atoms with Crippen molar-refractivity contribution in [2.24, 2.45) is 0 Å². The largest absolute Gasteiger partial charge is 0.493 e. The van der Waals surface area contributed by atoms with Crippen LogP contribution in [0.3, 0.4) is 0 Å². The number of hydrogen-bond donors (Lipinski definition) is 1. The SMILES string of the molecule is COc1cc(C(=O)OCC(=O)Nc2ccccc2F)ccc1Oc1ccc(Cl)cc1[N+](=O)[O-]. The molecule has 0 radical (unpaired) electrons. The summed E-state index contributed by atoms with van der Waals surface area (Å²) in [5.74, 6) is -2.10. The minimum Gasteiger partial charge on any atom is -0.493 e. The number of esters is 1. The molecule has 3 rings (SSSR count). The Labute approximate surface area is 191 Å². The van der Waals surface area contributed by atoms with Gasteiger partial charge in [-0.1, -0.05) is 23.7 Å². The molecule has 3 aromatic rings. The molecule has 0 saturated carbocycles. The predicted molar refractivity (Wildman–Crippen MR) is 116 cm³/mol. The quantitative estimate of drug-likeness (QED) is 0.278. The van der Waals surface area contributed by atoms with Crippen molar-refractivity contribution in [3.05, 3.63) is 87.2 Å². The summed E-state index contributed by atoms with van der Waals surface area (Å²) in [6.07, 6.45) is 0. The molecule has 1 amide bonds. The molecule has 11 heteroatoms. The second kappa shape index (κ2) is 10.4. The number of nitrogens with one attached hydrogen (secondary N) is 1. The highest BCUT2D eigenvalue weighted by Crippen LogP contribution is 2.38. The molecule has 0 heterocycles. The van der Waals surface area contributed by atoms with Crippen molar-refractivity contribution in [1.82, 2.24) is 0 Å². The molecule has 0 fully saturated rings. The van der Waals surface area contributed by atoms with Crippen LogP contribution in [0.1, 0.15) is 10.4 Å². The first kappa shape index (κ1) is 23.5. The van der Waals surface area contributed by atoms with E-state index in [0.717, 1.165) is 6.07 Å². The summed E-state index contributed by atoms with van der Waals surface area (Å²) in [5, 5.41) is 13.7. The van der Waals surface area contributed by atoms with Crippen LogP contribution in [0.15, 0.2) is 60.7 Å². The third-order valence-corrected chi connectivity index (χ3v) is 4.45. The van der Waals surface area contributed by atoms with E-state index in [1.807, 2.05) is 0 Å². The second-order valence-corrected chi connectivity index (χ2v) is 6.88. The smallest absolute Gasteiger partial charge is 0.338 e. The van der Waals surface area contributed by atoms with Crippen molar-refractivity contribution < 1.29 is 33.1 Å².